The molecule has 4 rings (SSSR count). The molecule has 180 valence electrons. The molecule has 1 amide bonds. The summed E-state index contributed by atoms with van der Waals surface area (Å²) in [4.78, 5) is 43.6. The number of carbonyl (C=O) groups excluding carboxylic acids is 3. The minimum absolute atomic E-state index is 0.131. The summed E-state index contributed by atoms with van der Waals surface area (Å²) in [5.74, 6) is -1.27. The van der Waals surface area contributed by atoms with Crippen LogP contribution in [0.1, 0.15) is 36.6 Å². The van der Waals surface area contributed by atoms with Crippen molar-refractivity contribution in [1.29, 1.82) is 0 Å². The lowest BCUT2D eigenvalue weighted by molar-refractivity contribution is -0.0401. The topological polar surface area (TPSA) is 95.0 Å². The second-order valence-corrected chi connectivity index (χ2v) is 7.84. The third kappa shape index (κ3) is 5.70. The minimum Gasteiger partial charge on any atom is -0.489 e. The van der Waals surface area contributed by atoms with Gasteiger partial charge in [-0.25, -0.2) is 9.18 Å². The predicted octanol–water partition coefficient (Wildman–Crippen LogP) is 3.16. The highest BCUT2D eigenvalue weighted by Gasteiger charge is 2.28. The Kier molecular flexibility index (Phi) is 7.47. The maximum atomic E-state index is 13.3. The van der Waals surface area contributed by atoms with Crippen molar-refractivity contribution in [2.24, 2.45) is 0 Å². The van der Waals surface area contributed by atoms with Gasteiger partial charge in [-0.3, -0.25) is 14.6 Å². The van der Waals surface area contributed by atoms with Crippen LogP contribution < -0.4 is 4.74 Å². The Morgan fingerprint density at radius 3 is 2.54 bits per heavy atom. The van der Waals surface area contributed by atoms with Crippen molar-refractivity contribution in [3.05, 3.63) is 95.1 Å². The number of nitrogens with zero attached hydrogens (tertiary/aromatic N) is 2. The first-order valence-corrected chi connectivity index (χ1v) is 10.9. The Hall–Kier alpha value is -4.11. The second-order valence-electron chi connectivity index (χ2n) is 7.84. The highest BCUT2D eigenvalue weighted by molar-refractivity contribution is 6.15. The number of hydrogen-bond acceptors (Lipinski definition) is 7. The largest absolute Gasteiger partial charge is 0.489 e. The fourth-order valence-corrected chi connectivity index (χ4v) is 3.72. The third-order valence-electron chi connectivity index (χ3n) is 5.50. The van der Waals surface area contributed by atoms with E-state index in [1.807, 2.05) is 0 Å². The smallest absolute Gasteiger partial charge is 0.339 e. The minimum atomic E-state index is -0.525. The first-order chi connectivity index (χ1) is 17.0. The summed E-state index contributed by atoms with van der Waals surface area (Å²) in [5.41, 5.74) is 1.06. The van der Waals surface area contributed by atoms with E-state index in [1.54, 1.807) is 29.2 Å². The molecular weight excluding hydrogens is 455 g/mol. The highest BCUT2D eigenvalue weighted by Crippen LogP contribution is 2.20. The number of pyridine rings is 1. The van der Waals surface area contributed by atoms with Gasteiger partial charge in [0.15, 0.2) is 5.78 Å². The van der Waals surface area contributed by atoms with Gasteiger partial charge < -0.3 is 19.1 Å². The van der Waals surface area contributed by atoms with Gasteiger partial charge in [0.25, 0.3) is 5.91 Å². The van der Waals surface area contributed by atoms with E-state index in [2.05, 4.69) is 9.72 Å². The number of halogens is 1. The molecular formula is C26H23FN2O6. The van der Waals surface area contributed by atoms with Crippen molar-refractivity contribution in [2.45, 2.75) is 6.10 Å². The summed E-state index contributed by atoms with van der Waals surface area (Å²) >= 11 is 0. The Bertz CT molecular complexity index is 1230. The fourth-order valence-electron chi connectivity index (χ4n) is 3.72. The van der Waals surface area contributed by atoms with Gasteiger partial charge >= 0.3 is 5.97 Å². The average molecular weight is 478 g/mol. The van der Waals surface area contributed by atoms with Crippen LogP contribution in [0, 0.1) is 5.82 Å². The molecule has 0 bridgehead atoms. The zero-order valence-corrected chi connectivity index (χ0v) is 19.0. The van der Waals surface area contributed by atoms with Gasteiger partial charge in [-0.15, -0.1) is 0 Å². The molecule has 9 heteroatoms. The number of morpholine rings is 1. The number of ether oxygens (including phenoxy) is 3. The molecule has 1 aliphatic heterocycles. The van der Waals surface area contributed by atoms with Crippen molar-refractivity contribution in [2.75, 3.05) is 33.4 Å². The maximum Gasteiger partial charge on any atom is 0.339 e. The molecule has 0 N–H and O–H groups in total. The van der Waals surface area contributed by atoms with Crippen molar-refractivity contribution in [1.82, 2.24) is 9.88 Å². The standard InChI is InChI=1S/C26H23FN2O6/c1-33-26(32)18-12-20(14-28-13-18)35-16-21-15-29(10-11-34-21)25(31)23-5-3-2-4-22(23)24(30)17-6-8-19(27)9-7-17/h2-9,12-14,21H,10-11,15-16H2,1H3. The van der Waals surface area contributed by atoms with Gasteiger partial charge in [-0.05, 0) is 36.4 Å². The van der Waals surface area contributed by atoms with Crippen LogP contribution in [0.5, 0.6) is 5.75 Å². The molecule has 8 nitrogen and oxygen atoms in total. The van der Waals surface area contributed by atoms with E-state index in [4.69, 9.17) is 9.47 Å². The van der Waals surface area contributed by atoms with Crippen LogP contribution in [-0.2, 0) is 9.47 Å². The summed E-state index contributed by atoms with van der Waals surface area (Å²) in [5, 5.41) is 0. The summed E-state index contributed by atoms with van der Waals surface area (Å²) in [6.45, 7) is 1.04. The molecule has 0 spiro atoms. The zero-order chi connectivity index (χ0) is 24.8. The van der Waals surface area contributed by atoms with Crippen LogP contribution in [0.25, 0.3) is 0 Å². The van der Waals surface area contributed by atoms with E-state index in [0.29, 0.717) is 24.5 Å². The normalized spacial score (nSPS) is 15.4. The Balaban J connectivity index is 1.44. The van der Waals surface area contributed by atoms with Crippen molar-refractivity contribution >= 4 is 17.7 Å². The predicted molar refractivity (Wildman–Crippen MR) is 123 cm³/mol. The van der Waals surface area contributed by atoms with Gasteiger partial charge in [-0.1, -0.05) is 18.2 Å². The SMILES string of the molecule is COC(=O)c1cncc(OCC2CN(C(=O)c3ccccc3C(=O)c3ccc(F)cc3)CCO2)c1. The third-order valence-corrected chi connectivity index (χ3v) is 5.50. The molecule has 1 saturated heterocycles. The van der Waals surface area contributed by atoms with Crippen LogP contribution in [0.3, 0.4) is 0 Å². The lowest BCUT2D eigenvalue weighted by Crippen LogP contribution is -2.47. The quantitative estimate of drug-likeness (QED) is 0.380. The number of aromatic nitrogens is 1. The summed E-state index contributed by atoms with van der Waals surface area (Å²) in [6.07, 6.45) is 2.42. The van der Waals surface area contributed by atoms with E-state index < -0.39 is 17.9 Å². The van der Waals surface area contributed by atoms with E-state index in [-0.39, 0.29) is 41.5 Å². The van der Waals surface area contributed by atoms with Crippen LogP contribution in [0.4, 0.5) is 4.39 Å². The molecule has 0 aliphatic carbocycles. The van der Waals surface area contributed by atoms with Crippen molar-refractivity contribution in [3.8, 4) is 5.75 Å². The molecule has 0 radical (unpaired) electrons. The van der Waals surface area contributed by atoms with E-state index in [9.17, 15) is 18.8 Å². The van der Waals surface area contributed by atoms with Gasteiger partial charge in [0.1, 0.15) is 24.3 Å². The van der Waals surface area contributed by atoms with Crippen molar-refractivity contribution < 1.29 is 33.0 Å². The number of methoxy groups -OCH3 is 1. The van der Waals surface area contributed by atoms with Crippen molar-refractivity contribution in [3.63, 3.8) is 0 Å². The molecule has 0 saturated carbocycles. The number of benzene rings is 2. The van der Waals surface area contributed by atoms with Gasteiger partial charge in [0.2, 0.25) is 0 Å². The lowest BCUT2D eigenvalue weighted by atomic mass is 9.97. The summed E-state index contributed by atoms with van der Waals surface area (Å²) < 4.78 is 29.4. The first-order valence-electron chi connectivity index (χ1n) is 10.9. The lowest BCUT2D eigenvalue weighted by Gasteiger charge is -2.33. The van der Waals surface area contributed by atoms with Gasteiger partial charge in [0.05, 0.1) is 37.6 Å². The molecule has 2 heterocycles. The molecule has 1 aliphatic rings. The zero-order valence-electron chi connectivity index (χ0n) is 19.0. The molecule has 1 aromatic heterocycles. The monoisotopic (exact) mass is 478 g/mol. The Morgan fingerprint density at radius 2 is 1.80 bits per heavy atom. The number of hydrogen-bond donors (Lipinski definition) is 0. The first kappa shape index (κ1) is 24.0. The van der Waals surface area contributed by atoms with Crippen LogP contribution in [0.15, 0.2) is 67.0 Å². The van der Waals surface area contributed by atoms with E-state index in [1.165, 1.54) is 49.8 Å². The molecule has 2 aromatic carbocycles. The maximum absolute atomic E-state index is 13.3. The molecule has 35 heavy (non-hydrogen) atoms. The van der Waals surface area contributed by atoms with Crippen LogP contribution in [-0.4, -0.2) is 67.1 Å². The summed E-state index contributed by atoms with van der Waals surface area (Å²) in [6, 6.07) is 13.3. The average Bonchev–Trinajstić information content (AvgIpc) is 2.91. The second kappa shape index (κ2) is 10.9. The van der Waals surface area contributed by atoms with Gasteiger partial charge in [0, 0.05) is 23.9 Å². The number of carbonyl (C=O) groups is 3. The molecule has 1 unspecified atom stereocenters. The highest BCUT2D eigenvalue weighted by atomic mass is 19.1. The summed E-state index contributed by atoms with van der Waals surface area (Å²) in [7, 11) is 1.28. The van der Waals surface area contributed by atoms with Crippen LogP contribution >= 0.6 is 0 Å². The molecule has 1 fully saturated rings. The Morgan fingerprint density at radius 1 is 1.06 bits per heavy atom. The Labute approximate surface area is 201 Å². The molecule has 3 aromatic rings. The number of esters is 1. The number of ketones is 1. The van der Waals surface area contributed by atoms with E-state index >= 15 is 0 Å². The number of rotatable bonds is 7. The number of amides is 1. The van der Waals surface area contributed by atoms with E-state index in [0.717, 1.165) is 0 Å². The van der Waals surface area contributed by atoms with Crippen LogP contribution in [0.2, 0.25) is 0 Å². The van der Waals surface area contributed by atoms with Gasteiger partial charge in [-0.2, -0.15) is 0 Å². The fraction of sp³-hybridized carbons (Fsp3) is 0.231. The molecule has 1 atom stereocenters.